The lowest BCUT2D eigenvalue weighted by Gasteiger charge is -2.31. The number of nitrogens with zero attached hydrogens (tertiary/aromatic N) is 1. The van der Waals surface area contributed by atoms with Crippen LogP contribution in [-0.4, -0.2) is 16.4 Å². The predicted octanol–water partition coefficient (Wildman–Crippen LogP) is 3.14. The van der Waals surface area contributed by atoms with Gasteiger partial charge >= 0.3 is 0 Å². The van der Waals surface area contributed by atoms with Crippen molar-refractivity contribution < 1.29 is 4.79 Å². The molecule has 2 fully saturated rings. The molecule has 2 aliphatic carbocycles. The van der Waals surface area contributed by atoms with Crippen LogP contribution in [0.3, 0.4) is 0 Å². The van der Waals surface area contributed by atoms with Crippen molar-refractivity contribution >= 4 is 42.1 Å². The lowest BCUT2D eigenvalue weighted by Crippen LogP contribution is -2.54. The summed E-state index contributed by atoms with van der Waals surface area (Å²) >= 11 is 1.64. The van der Waals surface area contributed by atoms with Gasteiger partial charge in [0, 0.05) is 11.3 Å². The zero-order chi connectivity index (χ0) is 13.3. The first kappa shape index (κ1) is 18.7. The van der Waals surface area contributed by atoms with Gasteiger partial charge < -0.3 is 11.1 Å². The van der Waals surface area contributed by atoms with Crippen molar-refractivity contribution in [2.45, 2.75) is 62.9 Å². The second-order valence-electron chi connectivity index (χ2n) is 5.84. The van der Waals surface area contributed by atoms with Gasteiger partial charge in [-0.1, -0.05) is 19.3 Å². The van der Waals surface area contributed by atoms with Crippen LogP contribution in [0.4, 0.5) is 0 Å². The van der Waals surface area contributed by atoms with Crippen LogP contribution in [0.25, 0.3) is 0 Å². The molecule has 0 aromatic carbocycles. The fourth-order valence-corrected chi connectivity index (χ4v) is 3.53. The molecular formula is C14H23Cl2N3OS. The fourth-order valence-electron chi connectivity index (χ4n) is 2.71. The first-order chi connectivity index (χ1) is 9.17. The van der Waals surface area contributed by atoms with Gasteiger partial charge in [0.2, 0.25) is 5.91 Å². The smallest absolute Gasteiger partial charge is 0.240 e. The third kappa shape index (κ3) is 4.55. The van der Waals surface area contributed by atoms with Crippen LogP contribution in [-0.2, 0) is 11.3 Å². The van der Waals surface area contributed by atoms with Crippen molar-refractivity contribution in [1.82, 2.24) is 10.3 Å². The molecule has 0 unspecified atom stereocenters. The average Bonchev–Trinajstić information content (AvgIpc) is 3.16. The number of halogens is 2. The van der Waals surface area contributed by atoms with E-state index in [4.69, 9.17) is 5.73 Å². The summed E-state index contributed by atoms with van der Waals surface area (Å²) in [5.41, 5.74) is 6.76. The minimum atomic E-state index is -0.644. The zero-order valence-corrected chi connectivity index (χ0v) is 14.4. The molecule has 2 aliphatic rings. The number of carbonyl (C=O) groups is 1. The summed E-state index contributed by atoms with van der Waals surface area (Å²) in [4.78, 5) is 16.8. The van der Waals surface area contributed by atoms with E-state index in [9.17, 15) is 4.79 Å². The molecular weight excluding hydrogens is 329 g/mol. The van der Waals surface area contributed by atoms with Crippen LogP contribution in [0.15, 0.2) is 5.38 Å². The molecule has 2 saturated carbocycles. The number of rotatable bonds is 4. The molecule has 0 spiro atoms. The minimum absolute atomic E-state index is 0. The predicted molar refractivity (Wildman–Crippen MR) is 90.4 cm³/mol. The number of amides is 1. The molecule has 1 aromatic rings. The quantitative estimate of drug-likeness (QED) is 0.875. The van der Waals surface area contributed by atoms with Gasteiger partial charge in [-0.15, -0.1) is 36.2 Å². The SMILES string of the molecule is Cl.Cl.NC1(C(=O)NCc2nc(C3CC3)cs2)CCCCC1. The Balaban J connectivity index is 0.00000110. The molecule has 7 heteroatoms. The van der Waals surface area contributed by atoms with Gasteiger partial charge in [0.15, 0.2) is 0 Å². The molecule has 120 valence electrons. The Labute approximate surface area is 142 Å². The Morgan fingerprint density at radius 3 is 2.62 bits per heavy atom. The molecule has 0 bridgehead atoms. The number of carbonyl (C=O) groups excluding carboxylic acids is 1. The van der Waals surface area contributed by atoms with Crippen LogP contribution in [0.1, 0.15) is 61.6 Å². The van der Waals surface area contributed by atoms with E-state index in [1.807, 2.05) is 0 Å². The fraction of sp³-hybridized carbons (Fsp3) is 0.714. The van der Waals surface area contributed by atoms with E-state index in [2.05, 4.69) is 15.7 Å². The van der Waals surface area contributed by atoms with Crippen LogP contribution in [0.2, 0.25) is 0 Å². The number of nitrogens with one attached hydrogen (secondary N) is 1. The Bertz CT molecular complexity index is 471. The van der Waals surface area contributed by atoms with E-state index in [0.717, 1.165) is 30.7 Å². The van der Waals surface area contributed by atoms with Crippen LogP contribution in [0, 0.1) is 0 Å². The number of thiazole rings is 1. The van der Waals surface area contributed by atoms with E-state index < -0.39 is 5.54 Å². The standard InChI is InChI=1S/C14H21N3OS.2ClH/c15-14(6-2-1-3-7-14)13(18)16-8-12-17-11(9-19-12)10-4-5-10;;/h9-10H,1-8,15H2,(H,16,18);2*1H. The van der Waals surface area contributed by atoms with Crippen molar-refractivity contribution in [2.24, 2.45) is 5.73 Å². The van der Waals surface area contributed by atoms with E-state index in [-0.39, 0.29) is 30.7 Å². The molecule has 1 aromatic heterocycles. The van der Waals surface area contributed by atoms with Crippen LogP contribution < -0.4 is 11.1 Å². The molecule has 4 nitrogen and oxygen atoms in total. The highest BCUT2D eigenvalue weighted by Gasteiger charge is 2.35. The van der Waals surface area contributed by atoms with E-state index in [1.165, 1.54) is 25.0 Å². The number of hydrogen-bond donors (Lipinski definition) is 2. The van der Waals surface area contributed by atoms with E-state index >= 15 is 0 Å². The Morgan fingerprint density at radius 2 is 2.00 bits per heavy atom. The summed E-state index contributed by atoms with van der Waals surface area (Å²) < 4.78 is 0. The van der Waals surface area contributed by atoms with Crippen LogP contribution >= 0.6 is 36.2 Å². The second kappa shape index (κ2) is 7.77. The molecule has 0 atom stereocenters. The highest BCUT2D eigenvalue weighted by molar-refractivity contribution is 7.09. The largest absolute Gasteiger partial charge is 0.348 e. The minimum Gasteiger partial charge on any atom is -0.348 e. The Hall–Kier alpha value is -0.360. The highest BCUT2D eigenvalue weighted by atomic mass is 35.5. The van der Waals surface area contributed by atoms with Gasteiger partial charge in [0.25, 0.3) is 0 Å². The van der Waals surface area contributed by atoms with Gasteiger partial charge in [0.05, 0.1) is 17.8 Å². The summed E-state index contributed by atoms with van der Waals surface area (Å²) in [6.07, 6.45) is 7.47. The molecule has 3 rings (SSSR count). The number of nitrogens with two attached hydrogens (primary N) is 1. The zero-order valence-electron chi connectivity index (χ0n) is 12.0. The summed E-state index contributed by atoms with van der Waals surface area (Å²) in [5.74, 6) is 0.676. The molecule has 21 heavy (non-hydrogen) atoms. The van der Waals surface area contributed by atoms with Crippen molar-refractivity contribution in [3.05, 3.63) is 16.1 Å². The third-order valence-corrected chi connectivity index (χ3v) is 5.03. The normalized spacial score (nSPS) is 20.0. The van der Waals surface area contributed by atoms with Gasteiger partial charge in [-0.05, 0) is 25.7 Å². The highest BCUT2D eigenvalue weighted by Crippen LogP contribution is 2.40. The topological polar surface area (TPSA) is 68.0 Å². The van der Waals surface area contributed by atoms with E-state index in [0.29, 0.717) is 12.5 Å². The molecule has 3 N–H and O–H groups in total. The van der Waals surface area contributed by atoms with E-state index in [1.54, 1.807) is 11.3 Å². The maximum Gasteiger partial charge on any atom is 0.240 e. The maximum atomic E-state index is 12.2. The average molecular weight is 352 g/mol. The summed E-state index contributed by atoms with van der Waals surface area (Å²) in [5, 5.41) is 6.08. The first-order valence-corrected chi connectivity index (χ1v) is 8.07. The van der Waals surface area contributed by atoms with Gasteiger partial charge in [-0.2, -0.15) is 0 Å². The Morgan fingerprint density at radius 1 is 1.33 bits per heavy atom. The first-order valence-electron chi connectivity index (χ1n) is 7.19. The van der Waals surface area contributed by atoms with Gasteiger partial charge in [0.1, 0.15) is 5.01 Å². The lowest BCUT2D eigenvalue weighted by molar-refractivity contribution is -0.127. The molecule has 1 heterocycles. The van der Waals surface area contributed by atoms with Crippen molar-refractivity contribution in [3.63, 3.8) is 0 Å². The van der Waals surface area contributed by atoms with Crippen LogP contribution in [0.5, 0.6) is 0 Å². The third-order valence-electron chi connectivity index (χ3n) is 4.16. The van der Waals surface area contributed by atoms with Crippen molar-refractivity contribution in [2.75, 3.05) is 0 Å². The molecule has 0 aliphatic heterocycles. The summed E-state index contributed by atoms with van der Waals surface area (Å²) in [6, 6.07) is 0. The number of aromatic nitrogens is 1. The second-order valence-corrected chi connectivity index (χ2v) is 6.78. The molecule has 1 amide bonds. The molecule has 0 saturated heterocycles. The Kier molecular flexibility index (Phi) is 6.91. The number of hydrogen-bond acceptors (Lipinski definition) is 4. The van der Waals surface area contributed by atoms with Crippen molar-refractivity contribution in [3.8, 4) is 0 Å². The molecule has 0 radical (unpaired) electrons. The van der Waals surface area contributed by atoms with Crippen molar-refractivity contribution in [1.29, 1.82) is 0 Å². The summed E-state index contributed by atoms with van der Waals surface area (Å²) in [6.45, 7) is 0.523. The monoisotopic (exact) mass is 351 g/mol. The maximum absolute atomic E-state index is 12.2. The lowest BCUT2D eigenvalue weighted by atomic mass is 9.82. The van der Waals surface area contributed by atoms with Gasteiger partial charge in [-0.25, -0.2) is 4.98 Å². The summed E-state index contributed by atoms with van der Waals surface area (Å²) in [7, 11) is 0. The van der Waals surface area contributed by atoms with Gasteiger partial charge in [-0.3, -0.25) is 4.79 Å².